The van der Waals surface area contributed by atoms with Crippen LogP contribution in [0.1, 0.15) is 50.7 Å². The molecule has 24 heavy (non-hydrogen) atoms. The van der Waals surface area contributed by atoms with E-state index in [1.807, 2.05) is 0 Å². The van der Waals surface area contributed by atoms with Crippen LogP contribution >= 0.6 is 0 Å². The number of ether oxygens (including phenoxy) is 4. The number of hydrogen-bond donors (Lipinski definition) is 0. The predicted molar refractivity (Wildman–Crippen MR) is 94.1 cm³/mol. The van der Waals surface area contributed by atoms with Crippen LogP contribution in [0.5, 0.6) is 11.5 Å². The molecule has 2 aliphatic heterocycles. The third kappa shape index (κ3) is 5.12. The maximum absolute atomic E-state index is 6.07. The lowest BCUT2D eigenvalue weighted by molar-refractivity contribution is 0.253. The minimum absolute atomic E-state index is 0.283. The van der Waals surface area contributed by atoms with Crippen LogP contribution in [0.2, 0.25) is 0 Å². The highest BCUT2D eigenvalue weighted by Gasteiger charge is 2.26. The summed E-state index contributed by atoms with van der Waals surface area (Å²) >= 11 is 0. The van der Waals surface area contributed by atoms with E-state index in [1.165, 1.54) is 36.8 Å². The quantitative estimate of drug-likeness (QED) is 0.543. The van der Waals surface area contributed by atoms with Gasteiger partial charge in [0.15, 0.2) is 0 Å². The number of hydrogen-bond acceptors (Lipinski definition) is 4. The van der Waals surface area contributed by atoms with Gasteiger partial charge < -0.3 is 18.9 Å². The Labute approximate surface area is 145 Å². The zero-order valence-electron chi connectivity index (χ0n) is 15.0. The van der Waals surface area contributed by atoms with Gasteiger partial charge in [-0.1, -0.05) is 26.7 Å². The zero-order valence-corrected chi connectivity index (χ0v) is 15.0. The van der Waals surface area contributed by atoms with Crippen LogP contribution in [0, 0.1) is 0 Å². The molecule has 2 unspecified atom stereocenters. The fourth-order valence-electron chi connectivity index (χ4n) is 2.87. The summed E-state index contributed by atoms with van der Waals surface area (Å²) in [4.78, 5) is 0. The second-order valence-electron chi connectivity index (χ2n) is 6.76. The lowest BCUT2D eigenvalue weighted by Crippen LogP contribution is -2.11. The molecule has 0 aliphatic carbocycles. The molecule has 2 aliphatic rings. The summed E-state index contributed by atoms with van der Waals surface area (Å²) in [5, 5.41) is 0. The van der Waals surface area contributed by atoms with Gasteiger partial charge in [-0.25, -0.2) is 0 Å². The van der Waals surface area contributed by atoms with Gasteiger partial charge >= 0.3 is 0 Å². The molecule has 0 bridgehead atoms. The van der Waals surface area contributed by atoms with Crippen molar-refractivity contribution in [3.63, 3.8) is 0 Å². The van der Waals surface area contributed by atoms with Gasteiger partial charge in [0, 0.05) is 11.1 Å². The topological polar surface area (TPSA) is 43.5 Å². The Balaban J connectivity index is 1.79. The molecule has 0 spiro atoms. The molecule has 1 aromatic carbocycles. The highest BCUT2D eigenvalue weighted by molar-refractivity contribution is 5.49. The van der Waals surface area contributed by atoms with E-state index in [4.69, 9.17) is 18.9 Å². The molecule has 0 radical (unpaired) electrons. The first-order valence-corrected chi connectivity index (χ1v) is 9.45. The lowest BCUT2D eigenvalue weighted by Gasteiger charge is -2.19. The second kappa shape index (κ2) is 8.72. The van der Waals surface area contributed by atoms with E-state index in [-0.39, 0.29) is 12.2 Å². The van der Waals surface area contributed by atoms with E-state index in [2.05, 4.69) is 26.0 Å². The Hall–Kier alpha value is -1.26. The molecule has 0 aromatic heterocycles. The van der Waals surface area contributed by atoms with Crippen LogP contribution in [0.3, 0.4) is 0 Å². The second-order valence-corrected chi connectivity index (χ2v) is 6.76. The van der Waals surface area contributed by atoms with Crippen LogP contribution in [-0.4, -0.2) is 38.6 Å². The summed E-state index contributed by atoms with van der Waals surface area (Å²) < 4.78 is 22.7. The fourth-order valence-corrected chi connectivity index (χ4v) is 2.87. The van der Waals surface area contributed by atoms with Crippen molar-refractivity contribution in [2.24, 2.45) is 0 Å². The molecule has 3 rings (SSSR count). The SMILES string of the molecule is CCCCc1c(OCC2CO2)ccc(OCC2CO2)c1CCCC. The maximum atomic E-state index is 6.07. The van der Waals surface area contributed by atoms with Gasteiger partial charge in [0.05, 0.1) is 13.2 Å². The molecule has 0 saturated carbocycles. The minimum Gasteiger partial charge on any atom is -0.490 e. The summed E-state index contributed by atoms with van der Waals surface area (Å²) in [6.45, 7) is 7.43. The molecule has 2 atom stereocenters. The lowest BCUT2D eigenvalue weighted by atomic mass is 9.96. The number of epoxide rings is 2. The average molecular weight is 334 g/mol. The van der Waals surface area contributed by atoms with Gasteiger partial charge in [-0.2, -0.15) is 0 Å². The van der Waals surface area contributed by atoms with Crippen molar-refractivity contribution < 1.29 is 18.9 Å². The van der Waals surface area contributed by atoms with Gasteiger partial charge in [-0.15, -0.1) is 0 Å². The Morgan fingerprint density at radius 1 is 0.833 bits per heavy atom. The summed E-state index contributed by atoms with van der Waals surface area (Å²) in [5.41, 5.74) is 2.67. The molecule has 0 amide bonds. The third-order valence-corrected chi connectivity index (χ3v) is 4.56. The summed E-state index contributed by atoms with van der Waals surface area (Å²) in [6, 6.07) is 4.15. The van der Waals surface area contributed by atoms with Crippen molar-refractivity contribution in [1.29, 1.82) is 0 Å². The van der Waals surface area contributed by atoms with Crippen LogP contribution in [-0.2, 0) is 22.3 Å². The first-order valence-electron chi connectivity index (χ1n) is 9.45. The summed E-state index contributed by atoms with van der Waals surface area (Å²) in [6.07, 6.45) is 7.37. The van der Waals surface area contributed by atoms with Crippen molar-refractivity contribution in [3.05, 3.63) is 23.3 Å². The minimum atomic E-state index is 0.283. The van der Waals surface area contributed by atoms with Gasteiger partial charge in [0.1, 0.15) is 36.9 Å². The van der Waals surface area contributed by atoms with Gasteiger partial charge in [-0.3, -0.25) is 0 Å². The predicted octanol–water partition coefficient (Wildman–Crippen LogP) is 3.93. The van der Waals surface area contributed by atoms with Crippen molar-refractivity contribution in [2.45, 2.75) is 64.6 Å². The molecule has 0 N–H and O–H groups in total. The number of benzene rings is 1. The summed E-state index contributed by atoms with van der Waals surface area (Å²) in [7, 11) is 0. The van der Waals surface area contributed by atoms with E-state index < -0.39 is 0 Å². The molecule has 2 saturated heterocycles. The normalized spacial score (nSPS) is 21.6. The molecule has 2 heterocycles. The van der Waals surface area contributed by atoms with E-state index in [9.17, 15) is 0 Å². The van der Waals surface area contributed by atoms with Crippen molar-refractivity contribution in [2.75, 3.05) is 26.4 Å². The van der Waals surface area contributed by atoms with Crippen LogP contribution in [0.4, 0.5) is 0 Å². The Bertz CT molecular complexity index is 474. The monoisotopic (exact) mass is 334 g/mol. The molecular weight excluding hydrogens is 304 g/mol. The molecular formula is C20H30O4. The molecule has 134 valence electrons. The van der Waals surface area contributed by atoms with Crippen molar-refractivity contribution in [3.8, 4) is 11.5 Å². The molecule has 4 nitrogen and oxygen atoms in total. The van der Waals surface area contributed by atoms with E-state index >= 15 is 0 Å². The van der Waals surface area contributed by atoms with E-state index in [0.29, 0.717) is 13.2 Å². The first kappa shape index (κ1) is 17.6. The summed E-state index contributed by atoms with van der Waals surface area (Å²) in [5.74, 6) is 2.03. The smallest absolute Gasteiger partial charge is 0.123 e. The van der Waals surface area contributed by atoms with Crippen molar-refractivity contribution >= 4 is 0 Å². The standard InChI is InChI=1S/C20H30O4/c1-3-5-7-17-18(8-6-4-2)20(24-14-16-12-22-16)10-9-19(17)23-13-15-11-21-15/h9-10,15-16H,3-8,11-14H2,1-2H3. The Morgan fingerprint density at radius 2 is 1.25 bits per heavy atom. The highest BCUT2D eigenvalue weighted by Crippen LogP contribution is 2.34. The molecule has 4 heteroatoms. The van der Waals surface area contributed by atoms with Crippen LogP contribution in [0.15, 0.2) is 12.1 Å². The zero-order chi connectivity index (χ0) is 16.8. The average Bonchev–Trinajstić information content (AvgIpc) is 3.49. The number of rotatable bonds is 12. The fraction of sp³-hybridized carbons (Fsp3) is 0.700. The van der Waals surface area contributed by atoms with Gasteiger partial charge in [0.2, 0.25) is 0 Å². The van der Waals surface area contributed by atoms with E-state index in [1.54, 1.807) is 0 Å². The largest absolute Gasteiger partial charge is 0.490 e. The highest BCUT2D eigenvalue weighted by atomic mass is 16.6. The molecule has 2 fully saturated rings. The molecule has 1 aromatic rings. The Morgan fingerprint density at radius 3 is 1.58 bits per heavy atom. The Kier molecular flexibility index (Phi) is 6.38. The van der Waals surface area contributed by atoms with Crippen LogP contribution < -0.4 is 9.47 Å². The van der Waals surface area contributed by atoms with Crippen LogP contribution in [0.25, 0.3) is 0 Å². The third-order valence-electron chi connectivity index (χ3n) is 4.56. The number of unbranched alkanes of at least 4 members (excludes halogenated alkanes) is 2. The maximum Gasteiger partial charge on any atom is 0.123 e. The van der Waals surface area contributed by atoms with Gasteiger partial charge in [-0.05, 0) is 37.8 Å². The van der Waals surface area contributed by atoms with Gasteiger partial charge in [0.25, 0.3) is 0 Å². The first-order chi connectivity index (χ1) is 11.8. The van der Waals surface area contributed by atoms with E-state index in [0.717, 1.165) is 37.6 Å². The van der Waals surface area contributed by atoms with Crippen molar-refractivity contribution in [1.82, 2.24) is 0 Å².